The summed E-state index contributed by atoms with van der Waals surface area (Å²) in [6.07, 6.45) is 13.1. The summed E-state index contributed by atoms with van der Waals surface area (Å²) in [5, 5.41) is 10.5. The van der Waals surface area contributed by atoms with Gasteiger partial charge in [0.05, 0.1) is 6.10 Å². The maximum atomic E-state index is 11.3. The maximum absolute atomic E-state index is 11.3. The lowest BCUT2D eigenvalue weighted by Crippen LogP contribution is -2.50. The van der Waals surface area contributed by atoms with E-state index in [2.05, 4.69) is 32.1 Å². The van der Waals surface area contributed by atoms with E-state index in [9.17, 15) is 9.90 Å². The van der Waals surface area contributed by atoms with Crippen molar-refractivity contribution in [3.63, 3.8) is 0 Å². The molecule has 0 spiro atoms. The molecule has 3 heteroatoms. The van der Waals surface area contributed by atoms with Crippen LogP contribution in [-0.4, -0.2) is 23.3 Å². The molecule has 4 rings (SSSR count). The minimum atomic E-state index is -0.198. The van der Waals surface area contributed by atoms with Crippen molar-refractivity contribution in [2.75, 3.05) is 0 Å². The minimum absolute atomic E-state index is 0.0967. The molecule has 24 heavy (non-hydrogen) atoms. The average molecular weight is 330 g/mol. The first-order valence-electron chi connectivity index (χ1n) is 9.59. The van der Waals surface area contributed by atoms with Crippen molar-refractivity contribution >= 4 is 5.97 Å². The van der Waals surface area contributed by atoms with Crippen LogP contribution in [-0.2, 0) is 9.53 Å². The van der Waals surface area contributed by atoms with Crippen LogP contribution >= 0.6 is 0 Å². The first kappa shape index (κ1) is 16.4. The van der Waals surface area contributed by atoms with Crippen LogP contribution in [0.1, 0.15) is 59.3 Å². The second kappa shape index (κ2) is 5.45. The summed E-state index contributed by atoms with van der Waals surface area (Å²) < 4.78 is 5.42. The van der Waals surface area contributed by atoms with Gasteiger partial charge in [-0.25, -0.2) is 0 Å². The average Bonchev–Trinajstić information content (AvgIpc) is 2.83. The standard InChI is InChI=1S/C21H30O3/c1-13(22)24-15-8-10-20(2)14(12-15)4-5-16-17-6-7-19(23)21(17,3)11-9-18(16)20/h4,8,10,15-19,23H,5-7,9,11-12H2,1-3H3/t15-,16-,17-,18-,19-,20-,21-/m0/s1. The van der Waals surface area contributed by atoms with E-state index in [0.29, 0.717) is 17.8 Å². The van der Waals surface area contributed by atoms with Gasteiger partial charge in [-0.1, -0.05) is 31.6 Å². The van der Waals surface area contributed by atoms with Crippen molar-refractivity contribution in [3.8, 4) is 0 Å². The molecule has 0 radical (unpaired) electrons. The van der Waals surface area contributed by atoms with Gasteiger partial charge in [0.1, 0.15) is 6.10 Å². The topological polar surface area (TPSA) is 46.5 Å². The fourth-order valence-electron chi connectivity index (χ4n) is 6.49. The van der Waals surface area contributed by atoms with Crippen molar-refractivity contribution in [1.82, 2.24) is 0 Å². The number of ether oxygens (including phenoxy) is 1. The van der Waals surface area contributed by atoms with Crippen LogP contribution in [0.5, 0.6) is 0 Å². The molecular formula is C21H30O3. The number of aliphatic hydroxyl groups is 1. The van der Waals surface area contributed by atoms with Gasteiger partial charge in [-0.3, -0.25) is 4.79 Å². The molecule has 4 aliphatic carbocycles. The third kappa shape index (κ3) is 2.23. The van der Waals surface area contributed by atoms with Crippen LogP contribution in [0.3, 0.4) is 0 Å². The predicted octanol–water partition coefficient (Wildman–Crippen LogP) is 4.02. The number of fused-ring (bicyclic) bond motifs is 5. The molecule has 0 amide bonds. The number of rotatable bonds is 1. The normalized spacial score (nSPS) is 49.7. The van der Waals surface area contributed by atoms with E-state index in [0.717, 1.165) is 25.7 Å². The van der Waals surface area contributed by atoms with Crippen LogP contribution in [0.4, 0.5) is 0 Å². The Hall–Kier alpha value is -1.09. The molecular weight excluding hydrogens is 300 g/mol. The van der Waals surface area contributed by atoms with E-state index in [1.54, 1.807) is 0 Å². The fourth-order valence-corrected chi connectivity index (χ4v) is 6.49. The molecule has 0 saturated heterocycles. The lowest BCUT2D eigenvalue weighted by atomic mass is 9.49. The molecule has 1 N–H and O–H groups in total. The molecule has 4 aliphatic rings. The molecule has 2 saturated carbocycles. The zero-order valence-electron chi connectivity index (χ0n) is 15.1. The zero-order chi connectivity index (χ0) is 17.1. The Balaban J connectivity index is 1.62. The van der Waals surface area contributed by atoms with Gasteiger partial charge in [0.2, 0.25) is 0 Å². The predicted molar refractivity (Wildman–Crippen MR) is 93.2 cm³/mol. The quantitative estimate of drug-likeness (QED) is 0.583. The number of carbonyl (C=O) groups is 1. The molecule has 0 bridgehead atoms. The minimum Gasteiger partial charge on any atom is -0.458 e. The molecule has 132 valence electrons. The molecule has 0 aliphatic heterocycles. The molecule has 0 unspecified atom stereocenters. The Labute approximate surface area is 145 Å². The molecule has 0 aromatic rings. The van der Waals surface area contributed by atoms with Crippen molar-refractivity contribution in [2.24, 2.45) is 28.6 Å². The number of hydrogen-bond acceptors (Lipinski definition) is 3. The van der Waals surface area contributed by atoms with Gasteiger partial charge in [-0.15, -0.1) is 0 Å². The Bertz CT molecular complexity index is 606. The number of hydrogen-bond donors (Lipinski definition) is 1. The summed E-state index contributed by atoms with van der Waals surface area (Å²) in [5.74, 6) is 1.80. The van der Waals surface area contributed by atoms with E-state index in [4.69, 9.17) is 4.74 Å². The Morgan fingerprint density at radius 2 is 2.04 bits per heavy atom. The third-order valence-corrected chi connectivity index (χ3v) is 7.88. The molecule has 0 aromatic carbocycles. The zero-order valence-corrected chi connectivity index (χ0v) is 15.1. The van der Waals surface area contributed by atoms with Crippen LogP contribution in [0.2, 0.25) is 0 Å². The number of allylic oxidation sites excluding steroid dienone is 2. The van der Waals surface area contributed by atoms with Gasteiger partial charge >= 0.3 is 5.97 Å². The first-order chi connectivity index (χ1) is 11.3. The van der Waals surface area contributed by atoms with E-state index >= 15 is 0 Å². The molecule has 2 fully saturated rings. The Morgan fingerprint density at radius 1 is 1.25 bits per heavy atom. The molecule has 0 aromatic heterocycles. The highest BCUT2D eigenvalue weighted by Gasteiger charge is 2.57. The van der Waals surface area contributed by atoms with Crippen molar-refractivity contribution in [1.29, 1.82) is 0 Å². The molecule has 0 heterocycles. The summed E-state index contributed by atoms with van der Waals surface area (Å²) in [4.78, 5) is 11.3. The Morgan fingerprint density at radius 3 is 2.79 bits per heavy atom. The smallest absolute Gasteiger partial charge is 0.303 e. The highest BCUT2D eigenvalue weighted by atomic mass is 16.5. The lowest BCUT2D eigenvalue weighted by molar-refractivity contribution is -0.144. The van der Waals surface area contributed by atoms with Gasteiger partial charge in [0.25, 0.3) is 0 Å². The number of aliphatic hydroxyl groups excluding tert-OH is 1. The van der Waals surface area contributed by atoms with E-state index in [1.807, 2.05) is 0 Å². The van der Waals surface area contributed by atoms with E-state index in [-0.39, 0.29) is 29.0 Å². The van der Waals surface area contributed by atoms with Gasteiger partial charge in [0, 0.05) is 18.8 Å². The largest absolute Gasteiger partial charge is 0.458 e. The van der Waals surface area contributed by atoms with E-state index < -0.39 is 0 Å². The highest BCUT2D eigenvalue weighted by Crippen LogP contribution is 2.63. The Kier molecular flexibility index (Phi) is 3.72. The number of carbonyl (C=O) groups excluding carboxylic acids is 1. The second-order valence-electron chi connectivity index (χ2n) is 8.97. The van der Waals surface area contributed by atoms with Crippen molar-refractivity contribution in [3.05, 3.63) is 23.8 Å². The highest BCUT2D eigenvalue weighted by molar-refractivity contribution is 5.66. The fraction of sp³-hybridized carbons (Fsp3) is 0.762. The summed E-state index contributed by atoms with van der Waals surface area (Å²) >= 11 is 0. The lowest BCUT2D eigenvalue weighted by Gasteiger charge is -2.56. The van der Waals surface area contributed by atoms with Gasteiger partial charge in [0.15, 0.2) is 0 Å². The SMILES string of the molecule is CC(=O)O[C@H]1C=C[C@@]2(C)C(=CC[C@H]3[C@@H]4CC[C@H](O)[C@@]4(C)CC[C@@H]32)C1. The van der Waals surface area contributed by atoms with Gasteiger partial charge < -0.3 is 9.84 Å². The summed E-state index contributed by atoms with van der Waals surface area (Å²) in [5.41, 5.74) is 1.69. The third-order valence-electron chi connectivity index (χ3n) is 7.88. The van der Waals surface area contributed by atoms with Crippen LogP contribution in [0, 0.1) is 28.6 Å². The maximum Gasteiger partial charge on any atom is 0.303 e. The van der Waals surface area contributed by atoms with Crippen LogP contribution in [0.15, 0.2) is 23.8 Å². The number of esters is 1. The summed E-state index contributed by atoms with van der Waals surface area (Å²) in [6.45, 7) is 6.19. The molecule has 7 atom stereocenters. The van der Waals surface area contributed by atoms with Crippen LogP contribution < -0.4 is 0 Å². The summed E-state index contributed by atoms with van der Waals surface area (Å²) in [7, 11) is 0. The van der Waals surface area contributed by atoms with Crippen molar-refractivity contribution in [2.45, 2.75) is 71.5 Å². The van der Waals surface area contributed by atoms with Crippen molar-refractivity contribution < 1.29 is 14.6 Å². The van der Waals surface area contributed by atoms with Gasteiger partial charge in [-0.2, -0.15) is 0 Å². The van der Waals surface area contributed by atoms with Gasteiger partial charge in [-0.05, 0) is 61.3 Å². The van der Waals surface area contributed by atoms with Crippen LogP contribution in [0.25, 0.3) is 0 Å². The summed E-state index contributed by atoms with van der Waals surface area (Å²) in [6, 6.07) is 0. The molecule has 3 nitrogen and oxygen atoms in total. The monoisotopic (exact) mass is 330 g/mol. The van der Waals surface area contributed by atoms with E-state index in [1.165, 1.54) is 25.3 Å². The first-order valence-corrected chi connectivity index (χ1v) is 9.59. The second-order valence-corrected chi connectivity index (χ2v) is 8.97.